The molecule has 1 atom stereocenters. The summed E-state index contributed by atoms with van der Waals surface area (Å²) in [5, 5.41) is 8.98. The quantitative estimate of drug-likeness (QED) is 0.878. The van der Waals surface area contributed by atoms with Crippen molar-refractivity contribution in [3.63, 3.8) is 0 Å². The third kappa shape index (κ3) is 2.60. The monoisotopic (exact) mass is 250 g/mol. The molecule has 1 aromatic heterocycles. The first-order valence-electron chi connectivity index (χ1n) is 7.00. The Morgan fingerprint density at radius 3 is 2.67 bits per heavy atom. The van der Waals surface area contributed by atoms with Gasteiger partial charge in [-0.15, -0.1) is 0 Å². The van der Waals surface area contributed by atoms with Gasteiger partial charge < -0.3 is 9.52 Å². The topological polar surface area (TPSA) is 39.9 Å². The average Bonchev–Trinajstić information content (AvgIpc) is 3.10. The third-order valence-corrected chi connectivity index (χ3v) is 4.16. The lowest BCUT2D eigenvalue weighted by Crippen LogP contribution is -2.35. The Bertz CT molecular complexity index is 385. The predicted octanol–water partition coefficient (Wildman–Crippen LogP) is 1.44. The number of rotatable bonds is 4. The molecule has 2 saturated heterocycles. The standard InChI is InChI=1S/C14H22N2O2/c17-11-14-4-3-13(18-14)10-15-8-5-12(9-15)16-6-1-2-7-16/h3-4,12,17H,1-2,5-11H2. The minimum Gasteiger partial charge on any atom is -0.462 e. The molecule has 0 saturated carbocycles. The summed E-state index contributed by atoms with van der Waals surface area (Å²) in [7, 11) is 0. The van der Waals surface area contributed by atoms with Crippen LogP contribution in [0.2, 0.25) is 0 Å². The SMILES string of the molecule is OCc1ccc(CN2CCC(N3CCCC3)C2)o1. The van der Waals surface area contributed by atoms with Crippen LogP contribution in [-0.2, 0) is 13.2 Å². The van der Waals surface area contributed by atoms with Crippen LogP contribution in [0.5, 0.6) is 0 Å². The summed E-state index contributed by atoms with van der Waals surface area (Å²) in [6, 6.07) is 4.60. The molecule has 4 nitrogen and oxygen atoms in total. The van der Waals surface area contributed by atoms with Crippen molar-refractivity contribution in [2.24, 2.45) is 0 Å². The summed E-state index contributed by atoms with van der Waals surface area (Å²) >= 11 is 0. The Morgan fingerprint density at radius 1 is 1.17 bits per heavy atom. The number of hydrogen-bond acceptors (Lipinski definition) is 4. The van der Waals surface area contributed by atoms with Crippen molar-refractivity contribution in [1.29, 1.82) is 0 Å². The molecule has 0 aliphatic carbocycles. The first kappa shape index (κ1) is 12.2. The van der Waals surface area contributed by atoms with Gasteiger partial charge in [0.05, 0.1) is 6.54 Å². The first-order chi connectivity index (χ1) is 8.85. The first-order valence-corrected chi connectivity index (χ1v) is 7.00. The number of aliphatic hydroxyl groups is 1. The highest BCUT2D eigenvalue weighted by molar-refractivity contribution is 5.06. The number of likely N-dealkylation sites (tertiary alicyclic amines) is 2. The Morgan fingerprint density at radius 2 is 1.94 bits per heavy atom. The molecule has 18 heavy (non-hydrogen) atoms. The zero-order chi connectivity index (χ0) is 12.4. The molecule has 100 valence electrons. The van der Waals surface area contributed by atoms with Crippen LogP contribution in [-0.4, -0.2) is 47.1 Å². The van der Waals surface area contributed by atoms with Crippen molar-refractivity contribution in [1.82, 2.24) is 9.80 Å². The van der Waals surface area contributed by atoms with E-state index in [1.54, 1.807) is 0 Å². The maximum atomic E-state index is 8.98. The highest BCUT2D eigenvalue weighted by Crippen LogP contribution is 2.22. The third-order valence-electron chi connectivity index (χ3n) is 4.16. The van der Waals surface area contributed by atoms with Gasteiger partial charge in [-0.1, -0.05) is 0 Å². The van der Waals surface area contributed by atoms with Crippen LogP contribution in [0.1, 0.15) is 30.8 Å². The fraction of sp³-hybridized carbons (Fsp3) is 0.714. The number of hydrogen-bond donors (Lipinski definition) is 1. The second-order valence-corrected chi connectivity index (χ2v) is 5.45. The smallest absolute Gasteiger partial charge is 0.129 e. The Labute approximate surface area is 108 Å². The molecule has 4 heteroatoms. The minimum atomic E-state index is -0.00357. The minimum absolute atomic E-state index is 0.00357. The van der Waals surface area contributed by atoms with Crippen LogP contribution in [0.25, 0.3) is 0 Å². The normalized spacial score (nSPS) is 26.2. The van der Waals surface area contributed by atoms with Gasteiger partial charge in [0, 0.05) is 19.1 Å². The van der Waals surface area contributed by atoms with Crippen molar-refractivity contribution in [2.45, 2.75) is 38.5 Å². The molecule has 2 aliphatic rings. The van der Waals surface area contributed by atoms with Crippen LogP contribution in [0.3, 0.4) is 0 Å². The summed E-state index contributed by atoms with van der Waals surface area (Å²) < 4.78 is 5.55. The van der Waals surface area contributed by atoms with E-state index >= 15 is 0 Å². The van der Waals surface area contributed by atoms with E-state index in [1.165, 1.54) is 32.4 Å². The van der Waals surface area contributed by atoms with Crippen molar-refractivity contribution < 1.29 is 9.52 Å². The molecule has 1 aromatic rings. The van der Waals surface area contributed by atoms with Gasteiger partial charge in [-0.05, 0) is 44.5 Å². The summed E-state index contributed by atoms with van der Waals surface area (Å²) in [6.45, 7) is 5.77. The van der Waals surface area contributed by atoms with Gasteiger partial charge in [-0.2, -0.15) is 0 Å². The van der Waals surface area contributed by atoms with Crippen LogP contribution in [0.4, 0.5) is 0 Å². The van der Waals surface area contributed by atoms with Crippen molar-refractivity contribution in [2.75, 3.05) is 26.2 Å². The maximum absolute atomic E-state index is 8.98. The van der Waals surface area contributed by atoms with Crippen LogP contribution in [0.15, 0.2) is 16.5 Å². The van der Waals surface area contributed by atoms with E-state index in [1.807, 2.05) is 12.1 Å². The molecule has 0 amide bonds. The molecule has 1 N–H and O–H groups in total. The van der Waals surface area contributed by atoms with E-state index in [4.69, 9.17) is 9.52 Å². The lowest BCUT2D eigenvalue weighted by Gasteiger charge is -2.23. The van der Waals surface area contributed by atoms with E-state index in [0.717, 1.165) is 31.4 Å². The Kier molecular flexibility index (Phi) is 3.68. The van der Waals surface area contributed by atoms with Gasteiger partial charge in [0.1, 0.15) is 18.1 Å². The van der Waals surface area contributed by atoms with Gasteiger partial charge >= 0.3 is 0 Å². The Balaban J connectivity index is 1.52. The lowest BCUT2D eigenvalue weighted by atomic mass is 10.2. The highest BCUT2D eigenvalue weighted by Gasteiger charge is 2.29. The molecule has 2 aliphatic heterocycles. The molecule has 0 spiro atoms. The van der Waals surface area contributed by atoms with Crippen molar-refractivity contribution in [3.05, 3.63) is 23.7 Å². The van der Waals surface area contributed by atoms with E-state index in [2.05, 4.69) is 9.80 Å². The summed E-state index contributed by atoms with van der Waals surface area (Å²) in [4.78, 5) is 5.10. The van der Waals surface area contributed by atoms with Crippen LogP contribution < -0.4 is 0 Å². The zero-order valence-corrected chi connectivity index (χ0v) is 10.8. The largest absolute Gasteiger partial charge is 0.462 e. The second kappa shape index (κ2) is 5.43. The molecule has 0 radical (unpaired) electrons. The molecule has 0 aromatic carbocycles. The van der Waals surface area contributed by atoms with E-state index in [-0.39, 0.29) is 6.61 Å². The van der Waals surface area contributed by atoms with Gasteiger partial charge in [0.25, 0.3) is 0 Å². The molecular formula is C14H22N2O2. The number of aliphatic hydroxyl groups excluding tert-OH is 1. The van der Waals surface area contributed by atoms with Gasteiger partial charge in [0.2, 0.25) is 0 Å². The van der Waals surface area contributed by atoms with Crippen LogP contribution in [0, 0.1) is 0 Å². The molecule has 2 fully saturated rings. The number of nitrogens with zero attached hydrogens (tertiary/aromatic N) is 2. The Hall–Kier alpha value is -0.840. The van der Waals surface area contributed by atoms with Crippen molar-refractivity contribution in [3.8, 4) is 0 Å². The fourth-order valence-corrected chi connectivity index (χ4v) is 3.17. The number of furan rings is 1. The van der Waals surface area contributed by atoms with E-state index in [9.17, 15) is 0 Å². The molecular weight excluding hydrogens is 228 g/mol. The fourth-order valence-electron chi connectivity index (χ4n) is 3.17. The summed E-state index contributed by atoms with van der Waals surface area (Å²) in [5.41, 5.74) is 0. The predicted molar refractivity (Wildman–Crippen MR) is 69.1 cm³/mol. The highest BCUT2D eigenvalue weighted by atomic mass is 16.4. The van der Waals surface area contributed by atoms with Gasteiger partial charge in [-0.25, -0.2) is 0 Å². The summed E-state index contributed by atoms with van der Waals surface area (Å²) in [6.07, 6.45) is 4.02. The second-order valence-electron chi connectivity index (χ2n) is 5.45. The maximum Gasteiger partial charge on any atom is 0.129 e. The van der Waals surface area contributed by atoms with E-state index in [0.29, 0.717) is 5.76 Å². The van der Waals surface area contributed by atoms with E-state index < -0.39 is 0 Å². The lowest BCUT2D eigenvalue weighted by molar-refractivity contribution is 0.214. The molecule has 1 unspecified atom stereocenters. The zero-order valence-electron chi connectivity index (χ0n) is 10.8. The van der Waals surface area contributed by atoms with Gasteiger partial charge in [0.15, 0.2) is 0 Å². The van der Waals surface area contributed by atoms with Gasteiger partial charge in [-0.3, -0.25) is 9.80 Å². The van der Waals surface area contributed by atoms with Crippen molar-refractivity contribution >= 4 is 0 Å². The average molecular weight is 250 g/mol. The molecule has 0 bridgehead atoms. The van der Waals surface area contributed by atoms with Crippen LogP contribution >= 0.6 is 0 Å². The molecule has 3 rings (SSSR count). The summed E-state index contributed by atoms with van der Waals surface area (Å²) in [5.74, 6) is 1.64. The molecule has 3 heterocycles.